The van der Waals surface area contributed by atoms with Crippen molar-refractivity contribution in [3.63, 3.8) is 0 Å². The van der Waals surface area contributed by atoms with E-state index in [0.717, 1.165) is 130 Å². The van der Waals surface area contributed by atoms with E-state index >= 15 is 0 Å². The molecule has 0 radical (unpaired) electrons. The van der Waals surface area contributed by atoms with E-state index in [1.807, 2.05) is 55.5 Å². The minimum Gasteiger partial charge on any atom is -0.478 e. The van der Waals surface area contributed by atoms with Crippen LogP contribution < -0.4 is 9.80 Å². The highest BCUT2D eigenvalue weighted by Crippen LogP contribution is 2.48. The molecule has 12 rings (SSSR count). The Morgan fingerprint density at radius 2 is 1.01 bits per heavy atom. The van der Waals surface area contributed by atoms with Gasteiger partial charge in [0.05, 0.1) is 83.7 Å². The van der Waals surface area contributed by atoms with Crippen LogP contribution in [-0.4, -0.2) is 82.3 Å². The molecule has 0 unspecified atom stereocenters. The van der Waals surface area contributed by atoms with Gasteiger partial charge in [-0.2, -0.15) is 0 Å². The third-order valence-corrected chi connectivity index (χ3v) is 18.8. The van der Waals surface area contributed by atoms with Crippen molar-refractivity contribution in [2.24, 2.45) is 0 Å². The van der Waals surface area contributed by atoms with Crippen LogP contribution in [0.5, 0.6) is 0 Å². The van der Waals surface area contributed by atoms with Gasteiger partial charge in [-0.25, -0.2) is 19.6 Å². The highest BCUT2D eigenvalue weighted by Gasteiger charge is 2.36. The zero-order valence-electron chi connectivity index (χ0n) is 43.3. The van der Waals surface area contributed by atoms with Crippen molar-refractivity contribution in [1.82, 2.24) is 20.3 Å². The number of carboxylic acids is 1. The molecule has 4 aromatic heterocycles. The topological polar surface area (TPSA) is 166 Å². The van der Waals surface area contributed by atoms with Crippen molar-refractivity contribution in [1.29, 1.82) is 0 Å². The highest BCUT2D eigenvalue weighted by molar-refractivity contribution is 7.22. The third-order valence-electron chi connectivity index (χ3n) is 15.4. The molecule has 0 saturated heterocycles. The predicted octanol–water partition coefficient (Wildman–Crippen LogP) is 16.1. The second-order valence-corrected chi connectivity index (χ2v) is 24.2. The molecule has 0 atom stereocenters. The van der Waals surface area contributed by atoms with Crippen molar-refractivity contribution >= 4 is 112 Å². The maximum atomic E-state index is 12.1. The van der Waals surface area contributed by atoms with Crippen LogP contribution in [0.3, 0.4) is 0 Å². The Labute approximate surface area is 479 Å². The van der Waals surface area contributed by atoms with E-state index in [2.05, 4.69) is 34.2 Å². The first-order chi connectivity index (χ1) is 37.8. The molecule has 4 aliphatic carbocycles. The molecule has 0 spiro atoms. The number of carbonyl (C=O) groups is 2. The minimum atomic E-state index is -0.925. The number of aromatic nitrogens is 4. The maximum Gasteiger partial charge on any atom is 0.338 e. The van der Waals surface area contributed by atoms with Gasteiger partial charge in [-0.3, -0.25) is 0 Å². The lowest BCUT2D eigenvalue weighted by Gasteiger charge is -2.34. The summed E-state index contributed by atoms with van der Waals surface area (Å²) in [5.41, 5.74) is 7.25. The summed E-state index contributed by atoms with van der Waals surface area (Å²) >= 11 is 29.1. The fourth-order valence-corrected chi connectivity index (χ4v) is 13.8. The quantitative estimate of drug-likeness (QED) is 0.0856. The van der Waals surface area contributed by atoms with Gasteiger partial charge in [0.2, 0.25) is 0 Å². The first-order valence-corrected chi connectivity index (χ1v) is 29.7. The van der Waals surface area contributed by atoms with Gasteiger partial charge in [0.15, 0.2) is 10.3 Å². The number of hydrogen-bond acceptors (Lipinski definition) is 15. The number of carbonyl (C=O) groups excluding carboxylic acids is 1. The van der Waals surface area contributed by atoms with Gasteiger partial charge in [-0.15, -0.1) is 0 Å². The molecule has 4 fully saturated rings. The third kappa shape index (κ3) is 11.9. The zero-order chi connectivity index (χ0) is 54.2. The highest BCUT2D eigenvalue weighted by atomic mass is 35.5. The number of rotatable bonds is 17. The summed E-state index contributed by atoms with van der Waals surface area (Å²) in [6, 6.07) is 22.3. The molecular weight excluding hydrogens is 1110 g/mol. The van der Waals surface area contributed by atoms with Crippen LogP contribution in [0.15, 0.2) is 81.8 Å². The molecule has 0 amide bonds. The average molecular weight is 1170 g/mol. The summed E-state index contributed by atoms with van der Waals surface area (Å²) < 4.78 is 31.5. The number of ether oxygens (including phenoxy) is 3. The number of halogens is 4. The smallest absolute Gasteiger partial charge is 0.338 e. The Bertz CT molecular complexity index is 3430. The van der Waals surface area contributed by atoms with E-state index in [1.54, 1.807) is 35.6 Å². The molecule has 4 aliphatic rings. The summed E-state index contributed by atoms with van der Waals surface area (Å²) in [5.74, 6) is 1.36. The normalized spacial score (nSPS) is 19.4. The molecule has 1 N–H and O–H groups in total. The van der Waals surface area contributed by atoms with E-state index in [-0.39, 0.29) is 23.7 Å². The number of anilines is 2. The Hall–Kier alpha value is -5.30. The Morgan fingerprint density at radius 3 is 1.41 bits per heavy atom. The number of esters is 1. The number of carboxylic acid groups (broad SMARTS) is 1. The van der Waals surface area contributed by atoms with E-state index in [0.29, 0.717) is 91.9 Å². The van der Waals surface area contributed by atoms with Gasteiger partial charge >= 0.3 is 11.9 Å². The largest absolute Gasteiger partial charge is 0.478 e. The summed E-state index contributed by atoms with van der Waals surface area (Å²) in [5, 5.41) is 22.1. The second kappa shape index (κ2) is 23.8. The first kappa shape index (κ1) is 54.6. The Morgan fingerprint density at radius 1 is 0.603 bits per heavy atom. The summed E-state index contributed by atoms with van der Waals surface area (Å²) in [6.07, 6.45) is 12.5. The fraction of sp³-hybridized carbons (Fsp3) is 0.414. The van der Waals surface area contributed by atoms with Crippen LogP contribution >= 0.6 is 69.1 Å². The van der Waals surface area contributed by atoms with Crippen molar-refractivity contribution in [2.45, 2.75) is 133 Å². The molecular formula is C58H58Cl4N6O8S2. The molecule has 8 aromatic rings. The van der Waals surface area contributed by atoms with Crippen molar-refractivity contribution < 1.29 is 38.0 Å². The van der Waals surface area contributed by atoms with Gasteiger partial charge in [0.1, 0.15) is 22.9 Å². The molecule has 4 saturated carbocycles. The number of nitrogens with zero attached hydrogens (tertiary/aromatic N) is 6. The van der Waals surface area contributed by atoms with Crippen LogP contribution in [0.4, 0.5) is 10.3 Å². The van der Waals surface area contributed by atoms with Gasteiger partial charge in [0, 0.05) is 60.3 Å². The van der Waals surface area contributed by atoms with Gasteiger partial charge in [0.25, 0.3) is 0 Å². The minimum absolute atomic E-state index is 0.143. The Balaban J connectivity index is 0.000000166. The number of fused-ring (bicyclic) bond motifs is 2. The average Bonchev–Trinajstić information content (AvgIpc) is 4.35. The van der Waals surface area contributed by atoms with Gasteiger partial charge in [-0.05, 0) is 145 Å². The Kier molecular flexibility index (Phi) is 16.7. The molecule has 4 aromatic carbocycles. The molecule has 0 bridgehead atoms. The van der Waals surface area contributed by atoms with E-state index in [9.17, 15) is 14.7 Å². The first-order valence-electron chi connectivity index (χ1n) is 26.6. The molecule has 20 heteroatoms. The number of hydrogen-bond donors (Lipinski definition) is 1. The predicted molar refractivity (Wildman–Crippen MR) is 308 cm³/mol. The lowest BCUT2D eigenvalue weighted by molar-refractivity contribution is 0.0130. The summed E-state index contributed by atoms with van der Waals surface area (Å²) in [4.78, 5) is 37.5. The standard InChI is InChI=1S/C30H31Cl2N3O4S.C28H27Cl2N3O4S/c1-3-37-29(36)18-9-14-24-25(15-18)40-30(33-24)35(2)19-10-12-20(13-11-19)38-16-21-27(34-39-28(21)17-7-8-17)26-22(31)5-4-6-23(26)32;1-33(28-31-22-12-7-16(27(34)35)13-23(22)38-28)17-8-10-18(11-9-17)36-14-19-25(32-37-26(19)15-5-6-15)24-20(29)3-2-4-21(24)30/h4-6,9,14-15,17,19-20H,3,7-8,10-13,16H2,1-2H3;2-4,7,12-13,15,17-18H,5-6,8-11,14H2,1H3,(H,34,35). The maximum absolute atomic E-state index is 12.1. The van der Waals surface area contributed by atoms with Crippen LogP contribution in [0.2, 0.25) is 20.1 Å². The SMILES string of the molecule is CCOC(=O)c1ccc2nc(N(C)C3CCC(OCc4c(-c5c(Cl)cccc5Cl)noc4C4CC4)CC3)sc2c1.CN(c1nc2ccc(C(=O)O)cc2s1)C1CCC(OCc2c(-c3c(Cl)cccc3Cl)noc2C2CC2)CC1. The van der Waals surface area contributed by atoms with Crippen LogP contribution in [-0.2, 0) is 27.4 Å². The zero-order valence-corrected chi connectivity index (χ0v) is 48.0. The number of benzene rings is 4. The van der Waals surface area contributed by atoms with Crippen molar-refractivity contribution in [3.05, 3.63) is 127 Å². The summed E-state index contributed by atoms with van der Waals surface area (Å²) in [7, 11) is 4.18. The lowest BCUT2D eigenvalue weighted by Crippen LogP contribution is -2.37. The van der Waals surface area contributed by atoms with Crippen molar-refractivity contribution in [3.8, 4) is 22.5 Å². The molecule has 14 nitrogen and oxygen atoms in total. The van der Waals surface area contributed by atoms with Crippen molar-refractivity contribution in [2.75, 3.05) is 30.5 Å². The monoisotopic (exact) mass is 1170 g/mol. The van der Waals surface area contributed by atoms with E-state index in [1.165, 1.54) is 11.3 Å². The lowest BCUT2D eigenvalue weighted by atomic mass is 9.92. The van der Waals surface area contributed by atoms with E-state index in [4.69, 9.17) is 79.6 Å². The second-order valence-electron chi connectivity index (χ2n) is 20.6. The molecule has 0 aliphatic heterocycles. The molecule has 4 heterocycles. The van der Waals surface area contributed by atoms with E-state index < -0.39 is 5.97 Å². The van der Waals surface area contributed by atoms with Gasteiger partial charge < -0.3 is 38.2 Å². The van der Waals surface area contributed by atoms with Gasteiger partial charge in [-0.1, -0.05) is 91.5 Å². The molecule has 78 heavy (non-hydrogen) atoms. The summed E-state index contributed by atoms with van der Waals surface area (Å²) in [6.45, 7) is 3.01. The van der Waals surface area contributed by atoms with Crippen LogP contribution in [0.1, 0.15) is 139 Å². The van der Waals surface area contributed by atoms with Crippen LogP contribution in [0.25, 0.3) is 42.9 Å². The fourth-order valence-electron chi connectivity index (χ4n) is 10.6. The number of thiazole rings is 2. The molecule has 408 valence electrons. The van der Waals surface area contributed by atoms with Crippen LogP contribution in [0, 0.1) is 0 Å². The number of aromatic carboxylic acids is 1.